The largest absolute Gasteiger partial charge is 0.495 e. The van der Waals surface area contributed by atoms with Crippen molar-refractivity contribution in [1.82, 2.24) is 15.0 Å². The van der Waals surface area contributed by atoms with Crippen LogP contribution in [0.1, 0.15) is 23.0 Å². The Hall–Kier alpha value is -2.17. The van der Waals surface area contributed by atoms with E-state index in [1.807, 2.05) is 32.0 Å². The van der Waals surface area contributed by atoms with Crippen LogP contribution in [0.15, 0.2) is 18.2 Å². The predicted octanol–water partition coefficient (Wildman–Crippen LogP) is 1.86. The number of aromatic nitrogens is 3. The third kappa shape index (κ3) is 3.40. The minimum Gasteiger partial charge on any atom is -0.495 e. The van der Waals surface area contributed by atoms with Crippen LogP contribution in [0.25, 0.3) is 0 Å². The first kappa shape index (κ1) is 13.3. The van der Waals surface area contributed by atoms with Gasteiger partial charge in [0.2, 0.25) is 0 Å². The first-order chi connectivity index (χ1) is 9.08. The molecule has 1 aromatic carbocycles. The summed E-state index contributed by atoms with van der Waals surface area (Å²) in [5, 5.41) is 0. The van der Waals surface area contributed by atoms with Crippen LogP contribution in [0.2, 0.25) is 0 Å². The van der Waals surface area contributed by atoms with E-state index >= 15 is 0 Å². The smallest absolute Gasteiger partial charge is 0.141 e. The summed E-state index contributed by atoms with van der Waals surface area (Å²) in [5.74, 6) is 3.04. The Bertz CT molecular complexity index is 563. The van der Waals surface area contributed by atoms with E-state index < -0.39 is 0 Å². The zero-order valence-electron chi connectivity index (χ0n) is 11.5. The SMILES string of the molecule is COc1ccc(CCc2nc(C)nc(C)n2)cc1N. The van der Waals surface area contributed by atoms with Crippen LogP contribution in [0.5, 0.6) is 5.75 Å². The summed E-state index contributed by atoms with van der Waals surface area (Å²) in [6.07, 6.45) is 1.62. The lowest BCUT2D eigenvalue weighted by Gasteiger charge is -2.07. The van der Waals surface area contributed by atoms with Gasteiger partial charge >= 0.3 is 0 Å². The Morgan fingerprint density at radius 1 is 1.05 bits per heavy atom. The van der Waals surface area contributed by atoms with E-state index in [9.17, 15) is 0 Å². The summed E-state index contributed by atoms with van der Waals surface area (Å²) < 4.78 is 5.14. The first-order valence-corrected chi connectivity index (χ1v) is 6.19. The zero-order valence-corrected chi connectivity index (χ0v) is 11.5. The molecule has 1 heterocycles. The van der Waals surface area contributed by atoms with E-state index in [1.54, 1.807) is 7.11 Å². The molecule has 2 N–H and O–H groups in total. The van der Waals surface area contributed by atoms with Crippen molar-refractivity contribution in [3.63, 3.8) is 0 Å². The fourth-order valence-corrected chi connectivity index (χ4v) is 1.99. The van der Waals surface area contributed by atoms with Crippen molar-refractivity contribution in [1.29, 1.82) is 0 Å². The molecule has 1 aromatic heterocycles. The van der Waals surface area contributed by atoms with Crippen molar-refractivity contribution >= 4 is 5.69 Å². The van der Waals surface area contributed by atoms with E-state index in [2.05, 4.69) is 15.0 Å². The van der Waals surface area contributed by atoms with Crippen LogP contribution in [-0.4, -0.2) is 22.1 Å². The third-order valence-electron chi connectivity index (χ3n) is 2.84. The molecule has 19 heavy (non-hydrogen) atoms. The first-order valence-electron chi connectivity index (χ1n) is 6.19. The lowest BCUT2D eigenvalue weighted by atomic mass is 10.1. The van der Waals surface area contributed by atoms with Crippen LogP contribution in [0, 0.1) is 13.8 Å². The van der Waals surface area contributed by atoms with Gasteiger partial charge < -0.3 is 10.5 Å². The van der Waals surface area contributed by atoms with Crippen molar-refractivity contribution in [2.75, 3.05) is 12.8 Å². The van der Waals surface area contributed by atoms with E-state index in [1.165, 1.54) is 0 Å². The number of aryl methyl sites for hydroxylation is 4. The molecule has 0 saturated heterocycles. The lowest BCUT2D eigenvalue weighted by molar-refractivity contribution is 0.417. The lowest BCUT2D eigenvalue weighted by Crippen LogP contribution is -2.04. The van der Waals surface area contributed by atoms with Gasteiger partial charge in [-0.3, -0.25) is 0 Å². The second-order valence-electron chi connectivity index (χ2n) is 4.42. The fraction of sp³-hybridized carbons (Fsp3) is 0.357. The molecule has 0 saturated carbocycles. The molecule has 0 fully saturated rings. The highest BCUT2D eigenvalue weighted by Gasteiger charge is 2.04. The summed E-state index contributed by atoms with van der Waals surface area (Å²) in [6.45, 7) is 3.76. The molecule has 5 nitrogen and oxygen atoms in total. The van der Waals surface area contributed by atoms with Crippen LogP contribution >= 0.6 is 0 Å². The number of hydrogen-bond donors (Lipinski definition) is 1. The number of benzene rings is 1. The number of ether oxygens (including phenoxy) is 1. The minimum atomic E-state index is 0.656. The topological polar surface area (TPSA) is 73.9 Å². The molecule has 5 heteroatoms. The van der Waals surface area contributed by atoms with Gasteiger partial charge in [0.1, 0.15) is 23.2 Å². The van der Waals surface area contributed by atoms with Gasteiger partial charge in [0.15, 0.2) is 0 Å². The minimum absolute atomic E-state index is 0.656. The maximum Gasteiger partial charge on any atom is 0.141 e. The van der Waals surface area contributed by atoms with Crippen LogP contribution < -0.4 is 10.5 Å². The van der Waals surface area contributed by atoms with E-state index in [-0.39, 0.29) is 0 Å². The van der Waals surface area contributed by atoms with Crippen molar-refractivity contribution in [2.24, 2.45) is 0 Å². The van der Waals surface area contributed by atoms with E-state index in [0.29, 0.717) is 11.4 Å². The number of nitrogens with two attached hydrogens (primary N) is 1. The molecule has 2 rings (SSSR count). The quantitative estimate of drug-likeness (QED) is 0.847. The summed E-state index contributed by atoms with van der Waals surface area (Å²) >= 11 is 0. The third-order valence-corrected chi connectivity index (χ3v) is 2.84. The molecule has 0 spiro atoms. The maximum atomic E-state index is 5.88. The van der Waals surface area contributed by atoms with Crippen molar-refractivity contribution < 1.29 is 4.74 Å². The van der Waals surface area contributed by atoms with Gasteiger partial charge in [0.25, 0.3) is 0 Å². The second kappa shape index (κ2) is 5.65. The summed E-state index contributed by atoms with van der Waals surface area (Å²) in [7, 11) is 1.61. The molecule has 0 aliphatic heterocycles. The Kier molecular flexibility index (Phi) is 3.94. The van der Waals surface area contributed by atoms with Crippen LogP contribution in [0.4, 0.5) is 5.69 Å². The molecule has 0 atom stereocenters. The molecular formula is C14H18N4O. The van der Waals surface area contributed by atoms with Crippen LogP contribution in [-0.2, 0) is 12.8 Å². The van der Waals surface area contributed by atoms with Gasteiger partial charge in [0.05, 0.1) is 12.8 Å². The molecule has 0 radical (unpaired) electrons. The van der Waals surface area contributed by atoms with Gasteiger partial charge in [-0.05, 0) is 38.0 Å². The number of hydrogen-bond acceptors (Lipinski definition) is 5. The highest BCUT2D eigenvalue weighted by atomic mass is 16.5. The number of anilines is 1. The predicted molar refractivity (Wildman–Crippen MR) is 74.1 cm³/mol. The molecule has 0 unspecified atom stereocenters. The Morgan fingerprint density at radius 3 is 2.32 bits per heavy atom. The normalized spacial score (nSPS) is 10.5. The summed E-state index contributed by atoms with van der Waals surface area (Å²) in [4.78, 5) is 12.8. The molecule has 2 aromatic rings. The fourth-order valence-electron chi connectivity index (χ4n) is 1.99. The molecule has 0 aliphatic rings. The van der Waals surface area contributed by atoms with E-state index in [0.717, 1.165) is 35.9 Å². The average molecular weight is 258 g/mol. The number of nitrogens with zero attached hydrogens (tertiary/aromatic N) is 3. The van der Waals surface area contributed by atoms with Crippen molar-refractivity contribution in [3.8, 4) is 5.75 Å². The maximum absolute atomic E-state index is 5.88. The Balaban J connectivity index is 2.08. The van der Waals surface area contributed by atoms with Gasteiger partial charge in [-0.25, -0.2) is 15.0 Å². The second-order valence-corrected chi connectivity index (χ2v) is 4.42. The van der Waals surface area contributed by atoms with Crippen LogP contribution in [0.3, 0.4) is 0 Å². The number of nitrogen functional groups attached to an aromatic ring is 1. The number of methoxy groups -OCH3 is 1. The molecule has 100 valence electrons. The molecule has 0 amide bonds. The number of rotatable bonds is 4. The van der Waals surface area contributed by atoms with Crippen molar-refractivity contribution in [2.45, 2.75) is 26.7 Å². The highest BCUT2D eigenvalue weighted by Crippen LogP contribution is 2.22. The summed E-state index contributed by atoms with van der Waals surface area (Å²) in [5.41, 5.74) is 7.69. The van der Waals surface area contributed by atoms with E-state index in [4.69, 9.17) is 10.5 Å². The van der Waals surface area contributed by atoms with Gasteiger partial charge in [-0.1, -0.05) is 6.07 Å². The molecular weight excluding hydrogens is 240 g/mol. The average Bonchev–Trinajstić information content (AvgIpc) is 2.35. The Labute approximate surface area is 112 Å². The van der Waals surface area contributed by atoms with Gasteiger partial charge in [-0.15, -0.1) is 0 Å². The highest BCUT2D eigenvalue weighted by molar-refractivity contribution is 5.54. The monoisotopic (exact) mass is 258 g/mol. The standard InChI is InChI=1S/C14H18N4O/c1-9-16-10(2)18-14(17-9)7-5-11-4-6-13(19-3)12(15)8-11/h4,6,8H,5,7,15H2,1-3H3. The Morgan fingerprint density at radius 2 is 1.74 bits per heavy atom. The molecule has 0 aliphatic carbocycles. The van der Waals surface area contributed by atoms with Crippen molar-refractivity contribution in [3.05, 3.63) is 41.2 Å². The summed E-state index contributed by atoms with van der Waals surface area (Å²) in [6, 6.07) is 5.82. The van der Waals surface area contributed by atoms with Gasteiger partial charge in [0, 0.05) is 6.42 Å². The van der Waals surface area contributed by atoms with Gasteiger partial charge in [-0.2, -0.15) is 0 Å². The molecule has 0 bridgehead atoms. The zero-order chi connectivity index (χ0) is 13.8.